The van der Waals surface area contributed by atoms with Gasteiger partial charge in [0.1, 0.15) is 0 Å². The summed E-state index contributed by atoms with van der Waals surface area (Å²) in [5.41, 5.74) is 5.86. The summed E-state index contributed by atoms with van der Waals surface area (Å²) in [4.78, 5) is 2.40. The molecule has 0 aromatic heterocycles. The van der Waals surface area contributed by atoms with Crippen molar-refractivity contribution in [3.05, 3.63) is 150 Å². The average Bonchev–Trinajstić information content (AvgIpc) is 3.00. The second kappa shape index (κ2) is 9.48. The lowest BCUT2D eigenvalue weighted by molar-refractivity contribution is 1.31. The van der Waals surface area contributed by atoms with Crippen LogP contribution in [0.25, 0.3) is 43.4 Å². The molecule has 0 saturated carbocycles. The molecular weight excluding hydrogens is 526 g/mol. The molecule has 0 atom stereocenters. The van der Waals surface area contributed by atoms with Gasteiger partial charge in [0.2, 0.25) is 0 Å². The molecule has 0 N–H and O–H groups in total. The average molecular weight is 550 g/mol. The lowest BCUT2D eigenvalue weighted by Crippen LogP contribution is -2.11. The number of nitrogens with zero attached hydrogens (tertiary/aromatic N) is 1. The number of para-hydroxylation sites is 1. The van der Waals surface area contributed by atoms with Crippen LogP contribution in [0.2, 0.25) is 0 Å². The van der Waals surface area contributed by atoms with Gasteiger partial charge in [0.05, 0.1) is 5.69 Å². The quantitative estimate of drug-likeness (QED) is 0.156. The Morgan fingerprint density at radius 3 is 1.68 bits per heavy atom. The van der Waals surface area contributed by atoms with Gasteiger partial charge < -0.3 is 4.90 Å². The summed E-state index contributed by atoms with van der Waals surface area (Å²) in [7, 11) is 0. The van der Waals surface area contributed by atoms with Crippen LogP contribution in [0.4, 0.5) is 17.1 Å². The van der Waals surface area contributed by atoms with E-state index in [4.69, 9.17) is 0 Å². The van der Waals surface area contributed by atoms with E-state index in [0.29, 0.717) is 0 Å². The van der Waals surface area contributed by atoms with E-state index in [1.807, 2.05) is 0 Å². The van der Waals surface area contributed by atoms with Crippen LogP contribution in [-0.2, 0) is 0 Å². The Hall–Kier alpha value is -4.40. The van der Waals surface area contributed by atoms with E-state index >= 15 is 0 Å². The summed E-state index contributed by atoms with van der Waals surface area (Å²) in [5, 5.41) is 7.34. The molecule has 0 unspecified atom stereocenters. The van der Waals surface area contributed by atoms with Gasteiger partial charge in [0.15, 0.2) is 0 Å². The number of rotatable bonds is 4. The third kappa shape index (κ3) is 3.77. The van der Waals surface area contributed by atoms with Gasteiger partial charge in [-0.05, 0) is 67.5 Å². The van der Waals surface area contributed by atoms with Crippen LogP contribution in [-0.4, -0.2) is 0 Å². The van der Waals surface area contributed by atoms with Gasteiger partial charge in [0.25, 0.3) is 0 Å². The zero-order chi connectivity index (χ0) is 25.5. The highest BCUT2D eigenvalue weighted by Crippen LogP contribution is 2.48. The first-order valence-electron chi connectivity index (χ1n) is 12.8. The monoisotopic (exact) mass is 549 g/mol. The van der Waals surface area contributed by atoms with E-state index in [9.17, 15) is 0 Å². The van der Waals surface area contributed by atoms with Crippen molar-refractivity contribution in [1.82, 2.24) is 0 Å². The largest absolute Gasteiger partial charge is 0.309 e. The van der Waals surface area contributed by atoms with E-state index < -0.39 is 0 Å². The summed E-state index contributed by atoms with van der Waals surface area (Å²) in [6.07, 6.45) is 0. The van der Waals surface area contributed by atoms with Crippen molar-refractivity contribution in [2.75, 3.05) is 4.90 Å². The van der Waals surface area contributed by atoms with Crippen LogP contribution in [0.1, 0.15) is 0 Å². The van der Waals surface area contributed by atoms with Crippen LogP contribution in [0, 0.1) is 0 Å². The van der Waals surface area contributed by atoms with Crippen molar-refractivity contribution in [3.8, 4) is 11.1 Å². The number of fused-ring (bicyclic) bond motifs is 4. The molecular formula is C36H24BrN. The minimum absolute atomic E-state index is 1.12. The topological polar surface area (TPSA) is 3.24 Å². The van der Waals surface area contributed by atoms with Crippen LogP contribution in [0.15, 0.2) is 150 Å². The van der Waals surface area contributed by atoms with Gasteiger partial charge in [-0.15, -0.1) is 0 Å². The molecule has 0 bridgehead atoms. The molecule has 7 aromatic carbocycles. The molecule has 0 amide bonds. The molecule has 180 valence electrons. The summed E-state index contributed by atoms with van der Waals surface area (Å²) in [6, 6.07) is 52.0. The Labute approximate surface area is 230 Å². The fraction of sp³-hybridized carbons (Fsp3) is 0. The van der Waals surface area contributed by atoms with Gasteiger partial charge in [-0.2, -0.15) is 0 Å². The lowest BCUT2D eigenvalue weighted by Gasteiger charge is -2.29. The van der Waals surface area contributed by atoms with Gasteiger partial charge in [-0.1, -0.05) is 121 Å². The number of anilines is 3. The first-order chi connectivity index (χ1) is 18.8. The summed E-state index contributed by atoms with van der Waals surface area (Å²) >= 11 is 4.02. The third-order valence-corrected chi connectivity index (χ3v) is 8.12. The van der Waals surface area contributed by atoms with Crippen molar-refractivity contribution in [3.63, 3.8) is 0 Å². The number of benzene rings is 7. The van der Waals surface area contributed by atoms with Gasteiger partial charge in [-0.3, -0.25) is 0 Å². The number of hydrogen-bond donors (Lipinski definition) is 0. The van der Waals surface area contributed by atoms with Crippen molar-refractivity contribution < 1.29 is 0 Å². The van der Waals surface area contributed by atoms with Crippen molar-refractivity contribution >= 4 is 65.3 Å². The first-order valence-corrected chi connectivity index (χ1v) is 13.6. The van der Waals surface area contributed by atoms with Crippen LogP contribution < -0.4 is 4.90 Å². The van der Waals surface area contributed by atoms with E-state index in [-0.39, 0.29) is 0 Å². The number of hydrogen-bond acceptors (Lipinski definition) is 1. The highest BCUT2D eigenvalue weighted by atomic mass is 79.9. The summed E-state index contributed by atoms with van der Waals surface area (Å²) in [5.74, 6) is 0. The molecule has 2 heteroatoms. The van der Waals surface area contributed by atoms with E-state index in [0.717, 1.165) is 15.8 Å². The molecule has 0 heterocycles. The minimum atomic E-state index is 1.12. The fourth-order valence-corrected chi connectivity index (χ4v) is 6.30. The second-order valence-corrected chi connectivity index (χ2v) is 10.3. The van der Waals surface area contributed by atoms with Gasteiger partial charge >= 0.3 is 0 Å². The van der Waals surface area contributed by atoms with E-state index in [1.165, 1.54) is 49.1 Å². The predicted octanol–water partition coefficient (Wildman–Crippen LogP) is 11.0. The molecule has 0 aliphatic heterocycles. The maximum absolute atomic E-state index is 4.02. The lowest BCUT2D eigenvalue weighted by atomic mass is 9.95. The maximum atomic E-state index is 4.02. The Morgan fingerprint density at radius 2 is 0.947 bits per heavy atom. The molecule has 0 aliphatic carbocycles. The Morgan fingerprint density at radius 1 is 0.395 bits per heavy atom. The molecule has 7 aromatic rings. The second-order valence-electron chi connectivity index (χ2n) is 9.50. The highest BCUT2D eigenvalue weighted by Gasteiger charge is 2.21. The zero-order valence-corrected chi connectivity index (χ0v) is 22.3. The van der Waals surface area contributed by atoms with E-state index in [1.54, 1.807) is 0 Å². The maximum Gasteiger partial charge on any atom is 0.0619 e. The normalized spacial score (nSPS) is 11.3. The molecule has 38 heavy (non-hydrogen) atoms. The summed E-state index contributed by atoms with van der Waals surface area (Å²) in [6.45, 7) is 0. The Balaban J connectivity index is 1.56. The van der Waals surface area contributed by atoms with E-state index in [2.05, 4.69) is 166 Å². The molecule has 0 aliphatic rings. The third-order valence-electron chi connectivity index (χ3n) is 7.29. The molecule has 7 rings (SSSR count). The molecule has 0 saturated heterocycles. The molecule has 0 fully saturated rings. The molecule has 0 spiro atoms. The molecule has 1 nitrogen and oxygen atoms in total. The van der Waals surface area contributed by atoms with Gasteiger partial charge in [-0.25, -0.2) is 0 Å². The highest BCUT2D eigenvalue weighted by molar-refractivity contribution is 9.10. The SMILES string of the molecule is Brc1c2ccccc2c(N(c2ccccc2)c2ccc(-c3ccccc3)cc2)c2ccc3ccccc3c12. The minimum Gasteiger partial charge on any atom is -0.309 e. The van der Waals surface area contributed by atoms with Crippen LogP contribution in [0.3, 0.4) is 0 Å². The Bertz CT molecular complexity index is 1910. The molecule has 0 radical (unpaired) electrons. The van der Waals surface area contributed by atoms with Crippen molar-refractivity contribution in [2.45, 2.75) is 0 Å². The zero-order valence-electron chi connectivity index (χ0n) is 20.7. The van der Waals surface area contributed by atoms with Gasteiger partial charge in [0, 0.05) is 32.0 Å². The van der Waals surface area contributed by atoms with Crippen LogP contribution in [0.5, 0.6) is 0 Å². The van der Waals surface area contributed by atoms with Crippen molar-refractivity contribution in [2.24, 2.45) is 0 Å². The predicted molar refractivity (Wildman–Crippen MR) is 167 cm³/mol. The number of halogens is 1. The smallest absolute Gasteiger partial charge is 0.0619 e. The van der Waals surface area contributed by atoms with Crippen LogP contribution >= 0.6 is 15.9 Å². The first kappa shape index (κ1) is 22.8. The summed E-state index contributed by atoms with van der Waals surface area (Å²) < 4.78 is 1.14. The standard InChI is InChI=1S/C36H24BrN/c37-35-31-17-9-10-18-32(31)36(33-24-21-27-13-7-8-16-30(27)34(33)35)38(28-14-5-2-6-15-28)29-22-19-26(20-23-29)25-11-3-1-4-12-25/h1-24H. The fourth-order valence-electron chi connectivity index (χ4n) is 5.52. The van der Waals surface area contributed by atoms with Crippen molar-refractivity contribution in [1.29, 1.82) is 0 Å². The Kier molecular flexibility index (Phi) is 5.68.